The molecule has 1 amide bonds. The number of amides is 1. The van der Waals surface area contributed by atoms with Crippen molar-refractivity contribution in [1.29, 1.82) is 0 Å². The number of benzene rings is 1. The van der Waals surface area contributed by atoms with E-state index < -0.39 is 0 Å². The minimum absolute atomic E-state index is 0.0605. The van der Waals surface area contributed by atoms with Gasteiger partial charge in [-0.15, -0.1) is 11.3 Å². The number of fused-ring (bicyclic) bond motifs is 1. The summed E-state index contributed by atoms with van der Waals surface area (Å²) in [6.07, 6.45) is 9.65. The maximum Gasteiger partial charge on any atom is 0.274 e. The van der Waals surface area contributed by atoms with Gasteiger partial charge in [-0.25, -0.2) is 9.97 Å². The number of anilines is 2. The van der Waals surface area contributed by atoms with Crippen LogP contribution in [0.25, 0.3) is 4.83 Å². The lowest BCUT2D eigenvalue weighted by molar-refractivity contribution is 0.0700. The molecule has 1 N–H and O–H groups in total. The first-order valence-electron chi connectivity index (χ1n) is 10.6. The van der Waals surface area contributed by atoms with Crippen molar-refractivity contribution in [1.82, 2.24) is 24.3 Å². The molecule has 8 heteroatoms. The van der Waals surface area contributed by atoms with Gasteiger partial charge in [-0.3, -0.25) is 14.2 Å². The number of aromatic nitrogens is 4. The molecule has 0 spiro atoms. The second kappa shape index (κ2) is 8.47. The van der Waals surface area contributed by atoms with E-state index in [-0.39, 0.29) is 11.8 Å². The van der Waals surface area contributed by atoms with Gasteiger partial charge in [-0.05, 0) is 30.9 Å². The number of likely N-dealkylation sites (tertiary alicyclic amines) is 1. The maximum absolute atomic E-state index is 12.9. The van der Waals surface area contributed by atoms with Gasteiger partial charge in [-0.1, -0.05) is 25.1 Å². The molecule has 5 rings (SSSR count). The van der Waals surface area contributed by atoms with Gasteiger partial charge >= 0.3 is 0 Å². The number of para-hydroxylation sites is 1. The first kappa shape index (κ1) is 19.7. The zero-order valence-electron chi connectivity index (χ0n) is 17.4. The fourth-order valence-electron chi connectivity index (χ4n) is 4.23. The molecule has 0 bridgehead atoms. The molecule has 1 aromatic carbocycles. The fraction of sp³-hybridized carbons (Fsp3) is 0.304. The molecule has 1 aliphatic rings. The maximum atomic E-state index is 12.9. The average Bonchev–Trinajstić information content (AvgIpc) is 3.43. The van der Waals surface area contributed by atoms with E-state index in [1.165, 1.54) is 11.8 Å². The molecule has 0 radical (unpaired) electrons. The molecule has 1 aliphatic heterocycles. The first-order valence-corrected chi connectivity index (χ1v) is 11.5. The number of hydrogen-bond donors (Lipinski definition) is 1. The highest BCUT2D eigenvalue weighted by molar-refractivity contribution is 7.15. The van der Waals surface area contributed by atoms with Crippen LogP contribution in [0.15, 0.2) is 54.4 Å². The minimum atomic E-state index is -0.0605. The summed E-state index contributed by atoms with van der Waals surface area (Å²) in [4.78, 5) is 29.1. The summed E-state index contributed by atoms with van der Waals surface area (Å²) in [5.74, 6) is 0.958. The highest BCUT2D eigenvalue weighted by Crippen LogP contribution is 2.34. The Kier molecular flexibility index (Phi) is 5.38. The van der Waals surface area contributed by atoms with Crippen LogP contribution in [0, 0.1) is 0 Å². The van der Waals surface area contributed by atoms with E-state index in [1.54, 1.807) is 23.7 Å². The SMILES string of the molecule is CCc1ccccc1Nc1nc([C@@H]2CCCN(C(=O)c3cnccn3)C2)c2sccn12. The summed E-state index contributed by atoms with van der Waals surface area (Å²) in [5.41, 5.74) is 3.79. The van der Waals surface area contributed by atoms with Gasteiger partial charge in [0.25, 0.3) is 5.91 Å². The van der Waals surface area contributed by atoms with E-state index in [0.717, 1.165) is 48.0 Å². The highest BCUT2D eigenvalue weighted by atomic mass is 32.1. The van der Waals surface area contributed by atoms with Crippen LogP contribution in [0.4, 0.5) is 11.6 Å². The highest BCUT2D eigenvalue weighted by Gasteiger charge is 2.30. The van der Waals surface area contributed by atoms with Crippen molar-refractivity contribution in [3.05, 3.63) is 71.4 Å². The Bertz CT molecular complexity index is 1200. The average molecular weight is 433 g/mol. The molecule has 31 heavy (non-hydrogen) atoms. The van der Waals surface area contributed by atoms with Crippen molar-refractivity contribution in [3.8, 4) is 0 Å². The summed E-state index contributed by atoms with van der Waals surface area (Å²) in [6.45, 7) is 3.54. The Hall–Kier alpha value is -3.26. The van der Waals surface area contributed by atoms with E-state index in [1.807, 2.05) is 11.0 Å². The van der Waals surface area contributed by atoms with Crippen LogP contribution < -0.4 is 5.32 Å². The van der Waals surface area contributed by atoms with Gasteiger partial charge < -0.3 is 10.2 Å². The Balaban J connectivity index is 1.43. The van der Waals surface area contributed by atoms with Crippen LogP contribution in [-0.4, -0.2) is 43.2 Å². The lowest BCUT2D eigenvalue weighted by atomic mass is 9.95. The lowest BCUT2D eigenvalue weighted by Gasteiger charge is -2.31. The quantitative estimate of drug-likeness (QED) is 0.502. The molecule has 0 aliphatic carbocycles. The summed E-state index contributed by atoms with van der Waals surface area (Å²) in [5, 5.41) is 5.62. The normalized spacial score (nSPS) is 16.5. The number of aryl methyl sites for hydroxylation is 1. The van der Waals surface area contributed by atoms with Crippen LogP contribution in [-0.2, 0) is 6.42 Å². The van der Waals surface area contributed by atoms with E-state index >= 15 is 0 Å². The third-order valence-corrected chi connectivity index (χ3v) is 6.69. The van der Waals surface area contributed by atoms with Crippen LogP contribution in [0.3, 0.4) is 0 Å². The topological polar surface area (TPSA) is 75.4 Å². The summed E-state index contributed by atoms with van der Waals surface area (Å²) < 4.78 is 2.12. The lowest BCUT2D eigenvalue weighted by Crippen LogP contribution is -2.39. The predicted molar refractivity (Wildman–Crippen MR) is 122 cm³/mol. The van der Waals surface area contributed by atoms with Crippen molar-refractivity contribution in [2.24, 2.45) is 0 Å². The fourth-order valence-corrected chi connectivity index (χ4v) is 5.13. The summed E-state index contributed by atoms with van der Waals surface area (Å²) >= 11 is 1.69. The molecule has 0 saturated carbocycles. The summed E-state index contributed by atoms with van der Waals surface area (Å²) in [7, 11) is 0. The third-order valence-electron chi connectivity index (χ3n) is 5.80. The number of carbonyl (C=O) groups is 1. The Morgan fingerprint density at radius 1 is 1.29 bits per heavy atom. The van der Waals surface area contributed by atoms with Crippen molar-refractivity contribution in [2.45, 2.75) is 32.1 Å². The van der Waals surface area contributed by atoms with Gasteiger partial charge in [0.2, 0.25) is 5.95 Å². The smallest absolute Gasteiger partial charge is 0.274 e. The molecule has 7 nitrogen and oxygen atoms in total. The number of nitrogens with one attached hydrogen (secondary N) is 1. The Labute approximate surface area is 184 Å². The van der Waals surface area contributed by atoms with Crippen molar-refractivity contribution in [2.75, 3.05) is 18.4 Å². The molecule has 158 valence electrons. The molecule has 1 atom stereocenters. The second-order valence-electron chi connectivity index (χ2n) is 7.72. The van der Waals surface area contributed by atoms with Crippen molar-refractivity contribution >= 4 is 33.7 Å². The van der Waals surface area contributed by atoms with Crippen LogP contribution in [0.2, 0.25) is 0 Å². The number of imidazole rings is 1. The Morgan fingerprint density at radius 2 is 2.19 bits per heavy atom. The molecule has 4 heterocycles. The van der Waals surface area contributed by atoms with Gasteiger partial charge in [0.05, 0.1) is 11.9 Å². The molecule has 0 unspecified atom stereocenters. The standard InChI is InChI=1S/C23H24N6OS/c1-2-16-6-3-4-8-18(16)26-23-27-20(22-29(23)12-13-31-22)17-7-5-11-28(15-17)21(30)19-14-24-9-10-25-19/h3-4,6,8-10,12-14,17H,2,5,7,11,15H2,1H3,(H,26,27)/t17-/m1/s1. The molecular formula is C23H24N6OS. The Morgan fingerprint density at radius 3 is 3.03 bits per heavy atom. The zero-order chi connectivity index (χ0) is 21.2. The monoisotopic (exact) mass is 432 g/mol. The second-order valence-corrected chi connectivity index (χ2v) is 8.61. The molecular weight excluding hydrogens is 408 g/mol. The van der Waals surface area contributed by atoms with E-state index in [9.17, 15) is 4.79 Å². The minimum Gasteiger partial charge on any atom is -0.337 e. The van der Waals surface area contributed by atoms with Crippen LogP contribution >= 0.6 is 11.3 Å². The molecule has 3 aromatic heterocycles. The third kappa shape index (κ3) is 3.79. The van der Waals surface area contributed by atoms with Gasteiger partial charge in [0, 0.05) is 48.7 Å². The van der Waals surface area contributed by atoms with E-state index in [0.29, 0.717) is 12.2 Å². The first-order chi connectivity index (χ1) is 15.2. The largest absolute Gasteiger partial charge is 0.337 e. The van der Waals surface area contributed by atoms with Gasteiger partial charge in [0.15, 0.2) is 0 Å². The van der Waals surface area contributed by atoms with Crippen molar-refractivity contribution < 1.29 is 4.79 Å². The van der Waals surface area contributed by atoms with E-state index in [4.69, 9.17) is 4.98 Å². The number of nitrogens with zero attached hydrogens (tertiary/aromatic N) is 5. The molecule has 1 saturated heterocycles. The number of piperidine rings is 1. The van der Waals surface area contributed by atoms with E-state index in [2.05, 4.69) is 56.4 Å². The van der Waals surface area contributed by atoms with Gasteiger partial charge in [0.1, 0.15) is 10.5 Å². The molecule has 1 fully saturated rings. The zero-order valence-corrected chi connectivity index (χ0v) is 18.2. The van der Waals surface area contributed by atoms with Crippen LogP contribution in [0.5, 0.6) is 0 Å². The van der Waals surface area contributed by atoms with Crippen molar-refractivity contribution in [3.63, 3.8) is 0 Å². The summed E-state index contributed by atoms with van der Waals surface area (Å²) in [6, 6.07) is 8.33. The predicted octanol–water partition coefficient (Wildman–Crippen LogP) is 4.51. The van der Waals surface area contributed by atoms with Crippen LogP contribution in [0.1, 0.15) is 47.4 Å². The number of thiazole rings is 1. The molecule has 4 aromatic rings. The number of hydrogen-bond acceptors (Lipinski definition) is 6. The number of rotatable bonds is 5. The number of carbonyl (C=O) groups excluding carboxylic acids is 1. The van der Waals surface area contributed by atoms with Gasteiger partial charge in [-0.2, -0.15) is 0 Å².